The maximum absolute atomic E-state index is 5.93. The largest absolute Gasteiger partial charge is 0.338 e. The lowest BCUT2D eigenvalue weighted by atomic mass is 10.1. The number of nitrogens with two attached hydrogens (primary N) is 1. The molecular weight excluding hydrogens is 270 g/mol. The predicted molar refractivity (Wildman–Crippen MR) is 83.0 cm³/mol. The van der Waals surface area contributed by atoms with Crippen LogP contribution < -0.4 is 10.6 Å². The second-order valence-electron chi connectivity index (χ2n) is 4.98. The number of aryl methyl sites for hydroxylation is 1. The fraction of sp³-hybridized carbons (Fsp3) is 0.500. The van der Waals surface area contributed by atoms with E-state index in [2.05, 4.69) is 27.3 Å². The first-order valence-corrected chi connectivity index (χ1v) is 7.65. The standard InChI is InChI=1S/C14H21N5S/c1-4-12(15)5-11-6-16-14(17-7-11)19(3)8-13-9-20-10(2)18-13/h6-7,9,12H,4-5,8,15H2,1-3H3. The highest BCUT2D eigenvalue weighted by atomic mass is 32.1. The van der Waals surface area contributed by atoms with Gasteiger partial charge in [0.2, 0.25) is 5.95 Å². The van der Waals surface area contributed by atoms with Gasteiger partial charge in [-0.3, -0.25) is 0 Å². The molecule has 1 atom stereocenters. The number of aromatic nitrogens is 3. The summed E-state index contributed by atoms with van der Waals surface area (Å²) < 4.78 is 0. The van der Waals surface area contributed by atoms with Crippen molar-refractivity contribution < 1.29 is 0 Å². The van der Waals surface area contributed by atoms with Gasteiger partial charge in [-0.1, -0.05) is 6.92 Å². The first-order chi connectivity index (χ1) is 9.58. The first kappa shape index (κ1) is 14.9. The summed E-state index contributed by atoms with van der Waals surface area (Å²) in [4.78, 5) is 15.3. The van der Waals surface area contributed by atoms with E-state index in [1.165, 1.54) is 0 Å². The van der Waals surface area contributed by atoms with Gasteiger partial charge in [-0.25, -0.2) is 15.0 Å². The average molecular weight is 291 g/mol. The second-order valence-corrected chi connectivity index (χ2v) is 6.04. The normalized spacial score (nSPS) is 12.4. The molecule has 0 aliphatic carbocycles. The lowest BCUT2D eigenvalue weighted by molar-refractivity contribution is 0.643. The molecule has 6 heteroatoms. The van der Waals surface area contributed by atoms with Gasteiger partial charge in [0, 0.05) is 30.9 Å². The van der Waals surface area contributed by atoms with Crippen LogP contribution in [0.2, 0.25) is 0 Å². The van der Waals surface area contributed by atoms with E-state index in [1.54, 1.807) is 11.3 Å². The molecule has 0 saturated heterocycles. The van der Waals surface area contributed by atoms with E-state index < -0.39 is 0 Å². The van der Waals surface area contributed by atoms with Gasteiger partial charge in [-0.15, -0.1) is 11.3 Å². The minimum atomic E-state index is 0.181. The van der Waals surface area contributed by atoms with Crippen molar-refractivity contribution in [3.8, 4) is 0 Å². The molecule has 2 aromatic rings. The molecular formula is C14H21N5S. The summed E-state index contributed by atoms with van der Waals surface area (Å²) in [5, 5.41) is 3.15. The number of hydrogen-bond donors (Lipinski definition) is 1. The van der Waals surface area contributed by atoms with E-state index in [-0.39, 0.29) is 6.04 Å². The molecule has 0 spiro atoms. The van der Waals surface area contributed by atoms with Crippen molar-refractivity contribution in [3.05, 3.63) is 34.0 Å². The monoisotopic (exact) mass is 291 g/mol. The molecule has 0 radical (unpaired) electrons. The molecule has 0 saturated carbocycles. The molecule has 2 N–H and O–H groups in total. The Morgan fingerprint density at radius 3 is 2.60 bits per heavy atom. The Bertz CT molecular complexity index is 537. The van der Waals surface area contributed by atoms with E-state index in [0.29, 0.717) is 5.95 Å². The van der Waals surface area contributed by atoms with Gasteiger partial charge in [0.15, 0.2) is 0 Å². The third-order valence-corrected chi connectivity index (χ3v) is 3.94. The van der Waals surface area contributed by atoms with Crippen molar-refractivity contribution in [2.24, 2.45) is 5.73 Å². The molecule has 108 valence electrons. The van der Waals surface area contributed by atoms with Crippen molar-refractivity contribution in [1.82, 2.24) is 15.0 Å². The van der Waals surface area contributed by atoms with Crippen LogP contribution in [-0.4, -0.2) is 28.0 Å². The van der Waals surface area contributed by atoms with E-state index >= 15 is 0 Å². The van der Waals surface area contributed by atoms with Gasteiger partial charge in [0.05, 0.1) is 17.2 Å². The fourth-order valence-corrected chi connectivity index (χ4v) is 2.50. The highest BCUT2D eigenvalue weighted by Crippen LogP contribution is 2.13. The summed E-state index contributed by atoms with van der Waals surface area (Å²) in [7, 11) is 1.97. The van der Waals surface area contributed by atoms with E-state index in [1.807, 2.05) is 31.3 Å². The third kappa shape index (κ3) is 3.98. The molecule has 0 fully saturated rings. The van der Waals surface area contributed by atoms with E-state index in [9.17, 15) is 0 Å². The maximum atomic E-state index is 5.93. The van der Waals surface area contributed by atoms with Crippen LogP contribution in [0, 0.1) is 6.92 Å². The lowest BCUT2D eigenvalue weighted by Gasteiger charge is -2.16. The van der Waals surface area contributed by atoms with Gasteiger partial charge in [0.25, 0.3) is 0 Å². The van der Waals surface area contributed by atoms with Crippen molar-refractivity contribution in [2.75, 3.05) is 11.9 Å². The molecule has 0 amide bonds. The molecule has 2 aromatic heterocycles. The Labute approximate surface area is 123 Å². The van der Waals surface area contributed by atoms with Crippen LogP contribution in [-0.2, 0) is 13.0 Å². The third-order valence-electron chi connectivity index (χ3n) is 3.12. The van der Waals surface area contributed by atoms with Gasteiger partial charge in [0.1, 0.15) is 0 Å². The molecule has 1 unspecified atom stereocenters. The molecule has 2 heterocycles. The van der Waals surface area contributed by atoms with Crippen molar-refractivity contribution in [2.45, 2.75) is 39.3 Å². The number of hydrogen-bond acceptors (Lipinski definition) is 6. The Hall–Kier alpha value is -1.53. The van der Waals surface area contributed by atoms with Crippen LogP contribution in [0.5, 0.6) is 0 Å². The topological polar surface area (TPSA) is 67.9 Å². The van der Waals surface area contributed by atoms with E-state index in [0.717, 1.165) is 35.7 Å². The Balaban J connectivity index is 1.98. The van der Waals surface area contributed by atoms with Crippen molar-refractivity contribution in [3.63, 3.8) is 0 Å². The van der Waals surface area contributed by atoms with Crippen LogP contribution in [0.4, 0.5) is 5.95 Å². The highest BCUT2D eigenvalue weighted by Gasteiger charge is 2.08. The molecule has 20 heavy (non-hydrogen) atoms. The van der Waals surface area contributed by atoms with E-state index in [4.69, 9.17) is 5.73 Å². The summed E-state index contributed by atoms with van der Waals surface area (Å²) in [5.41, 5.74) is 8.07. The Kier molecular flexibility index (Phi) is 5.03. The quantitative estimate of drug-likeness (QED) is 0.883. The Morgan fingerprint density at radius 1 is 1.35 bits per heavy atom. The highest BCUT2D eigenvalue weighted by molar-refractivity contribution is 7.09. The maximum Gasteiger partial charge on any atom is 0.225 e. The minimum Gasteiger partial charge on any atom is -0.338 e. The predicted octanol–water partition coefficient (Wildman–Crippen LogP) is 2.16. The number of nitrogens with zero attached hydrogens (tertiary/aromatic N) is 4. The number of rotatable bonds is 6. The zero-order chi connectivity index (χ0) is 14.5. The molecule has 5 nitrogen and oxygen atoms in total. The summed E-state index contributed by atoms with van der Waals surface area (Å²) in [5.74, 6) is 0.712. The van der Waals surface area contributed by atoms with Crippen LogP contribution in [0.25, 0.3) is 0 Å². The van der Waals surface area contributed by atoms with Crippen molar-refractivity contribution >= 4 is 17.3 Å². The molecule has 0 aliphatic rings. The zero-order valence-corrected chi connectivity index (χ0v) is 13.0. The number of anilines is 1. The smallest absolute Gasteiger partial charge is 0.225 e. The second kappa shape index (κ2) is 6.76. The van der Waals surface area contributed by atoms with Crippen LogP contribution in [0.3, 0.4) is 0 Å². The zero-order valence-electron chi connectivity index (χ0n) is 12.2. The molecule has 0 bridgehead atoms. The SMILES string of the molecule is CCC(N)Cc1cnc(N(C)Cc2csc(C)n2)nc1. The fourth-order valence-electron chi connectivity index (χ4n) is 1.89. The van der Waals surface area contributed by atoms with Crippen LogP contribution >= 0.6 is 11.3 Å². The van der Waals surface area contributed by atoms with Crippen molar-refractivity contribution in [1.29, 1.82) is 0 Å². The molecule has 2 rings (SSSR count). The van der Waals surface area contributed by atoms with Gasteiger partial charge >= 0.3 is 0 Å². The summed E-state index contributed by atoms with van der Waals surface area (Å²) >= 11 is 1.66. The van der Waals surface area contributed by atoms with Gasteiger partial charge < -0.3 is 10.6 Å². The average Bonchev–Trinajstić information content (AvgIpc) is 2.84. The summed E-state index contributed by atoms with van der Waals surface area (Å²) in [6.45, 7) is 4.82. The molecule has 0 aliphatic heterocycles. The Morgan fingerprint density at radius 2 is 2.05 bits per heavy atom. The van der Waals surface area contributed by atoms with Crippen LogP contribution in [0.15, 0.2) is 17.8 Å². The molecule has 0 aromatic carbocycles. The van der Waals surface area contributed by atoms with Gasteiger partial charge in [-0.2, -0.15) is 0 Å². The first-order valence-electron chi connectivity index (χ1n) is 6.77. The van der Waals surface area contributed by atoms with Crippen LogP contribution in [0.1, 0.15) is 29.6 Å². The number of thiazole rings is 1. The lowest BCUT2D eigenvalue weighted by Crippen LogP contribution is -2.22. The van der Waals surface area contributed by atoms with Gasteiger partial charge in [-0.05, 0) is 25.3 Å². The summed E-state index contributed by atoms with van der Waals surface area (Å²) in [6.07, 6.45) is 5.51. The summed E-state index contributed by atoms with van der Waals surface area (Å²) in [6, 6.07) is 0.181. The minimum absolute atomic E-state index is 0.181.